The van der Waals surface area contributed by atoms with E-state index in [2.05, 4.69) is 15.4 Å². The lowest BCUT2D eigenvalue weighted by atomic mass is 10.3. The third-order valence-electron chi connectivity index (χ3n) is 2.48. The topological polar surface area (TPSA) is 69.0 Å². The van der Waals surface area contributed by atoms with Crippen LogP contribution in [0.1, 0.15) is 13.3 Å². The van der Waals surface area contributed by atoms with Gasteiger partial charge in [-0.25, -0.2) is 4.98 Å². The first kappa shape index (κ1) is 13.1. The number of hydrogen-bond donors (Lipinski definition) is 1. The zero-order valence-electron chi connectivity index (χ0n) is 10.7. The Kier molecular flexibility index (Phi) is 4.49. The number of nitrogens with one attached hydrogen (secondary N) is 1. The van der Waals surface area contributed by atoms with E-state index in [-0.39, 0.29) is 5.91 Å². The quantitative estimate of drug-likeness (QED) is 0.858. The van der Waals surface area contributed by atoms with Crippen LogP contribution in [-0.2, 0) is 11.3 Å². The molecule has 1 N–H and O–H groups in total. The molecule has 0 spiro atoms. The molecule has 0 atom stereocenters. The summed E-state index contributed by atoms with van der Waals surface area (Å²) in [6, 6.07) is 7.30. The van der Waals surface area contributed by atoms with Crippen molar-refractivity contribution >= 4 is 11.6 Å². The van der Waals surface area contributed by atoms with Gasteiger partial charge in [0.15, 0.2) is 0 Å². The number of carbonyl (C=O) groups is 1. The third kappa shape index (κ3) is 4.09. The Hall–Kier alpha value is -2.37. The first-order chi connectivity index (χ1) is 9.28. The predicted octanol–water partition coefficient (Wildman–Crippen LogP) is 1.71. The van der Waals surface area contributed by atoms with Crippen molar-refractivity contribution in [2.75, 3.05) is 11.9 Å². The first-order valence-corrected chi connectivity index (χ1v) is 6.13. The number of anilines is 1. The van der Waals surface area contributed by atoms with Gasteiger partial charge in [-0.3, -0.25) is 9.48 Å². The molecule has 2 aromatic rings. The van der Waals surface area contributed by atoms with Crippen molar-refractivity contribution in [1.82, 2.24) is 14.8 Å². The third-order valence-corrected chi connectivity index (χ3v) is 2.48. The van der Waals surface area contributed by atoms with Crippen molar-refractivity contribution in [3.8, 4) is 5.75 Å². The fourth-order valence-corrected chi connectivity index (χ4v) is 1.59. The van der Waals surface area contributed by atoms with Crippen LogP contribution in [0.4, 0.5) is 5.69 Å². The number of hydrogen-bond acceptors (Lipinski definition) is 4. The number of aromatic nitrogens is 3. The summed E-state index contributed by atoms with van der Waals surface area (Å²) in [6.07, 6.45) is 3.39. The van der Waals surface area contributed by atoms with E-state index >= 15 is 0 Å². The van der Waals surface area contributed by atoms with Crippen molar-refractivity contribution in [2.45, 2.75) is 19.9 Å². The summed E-state index contributed by atoms with van der Waals surface area (Å²) in [6.45, 7) is 3.08. The molecule has 1 aromatic carbocycles. The molecule has 0 unspecified atom stereocenters. The maximum Gasteiger partial charge on any atom is 0.226 e. The highest BCUT2D eigenvalue weighted by molar-refractivity contribution is 5.90. The number of nitrogens with zero attached hydrogens (tertiary/aromatic N) is 3. The highest BCUT2D eigenvalue weighted by atomic mass is 16.5. The second-order valence-electron chi connectivity index (χ2n) is 3.91. The van der Waals surface area contributed by atoms with Crippen LogP contribution in [0, 0.1) is 0 Å². The van der Waals surface area contributed by atoms with Gasteiger partial charge < -0.3 is 10.1 Å². The molecule has 0 fully saturated rings. The zero-order valence-corrected chi connectivity index (χ0v) is 10.7. The fraction of sp³-hybridized carbons (Fsp3) is 0.308. The summed E-state index contributed by atoms with van der Waals surface area (Å²) in [5.41, 5.74) is 0.757. The van der Waals surface area contributed by atoms with Crippen molar-refractivity contribution in [1.29, 1.82) is 0 Å². The van der Waals surface area contributed by atoms with E-state index in [4.69, 9.17) is 4.74 Å². The van der Waals surface area contributed by atoms with Gasteiger partial charge >= 0.3 is 0 Å². The van der Waals surface area contributed by atoms with E-state index in [0.717, 1.165) is 11.4 Å². The molecule has 6 nitrogen and oxygen atoms in total. The lowest BCUT2D eigenvalue weighted by Gasteiger charge is -2.07. The molecule has 0 saturated carbocycles. The van der Waals surface area contributed by atoms with Gasteiger partial charge in [-0.05, 0) is 31.2 Å². The summed E-state index contributed by atoms with van der Waals surface area (Å²) in [7, 11) is 0. The molecule has 19 heavy (non-hydrogen) atoms. The zero-order chi connectivity index (χ0) is 13.5. The molecule has 0 aliphatic rings. The van der Waals surface area contributed by atoms with Crippen LogP contribution in [-0.4, -0.2) is 27.3 Å². The largest absolute Gasteiger partial charge is 0.494 e. The van der Waals surface area contributed by atoms with Crippen molar-refractivity contribution in [3.63, 3.8) is 0 Å². The van der Waals surface area contributed by atoms with Gasteiger partial charge in [-0.1, -0.05) is 0 Å². The summed E-state index contributed by atoms with van der Waals surface area (Å²) >= 11 is 0. The number of rotatable bonds is 6. The van der Waals surface area contributed by atoms with E-state index < -0.39 is 0 Å². The van der Waals surface area contributed by atoms with Gasteiger partial charge in [0.25, 0.3) is 0 Å². The fourth-order valence-electron chi connectivity index (χ4n) is 1.59. The summed E-state index contributed by atoms with van der Waals surface area (Å²) in [4.78, 5) is 15.5. The monoisotopic (exact) mass is 260 g/mol. The highest BCUT2D eigenvalue weighted by Crippen LogP contribution is 2.15. The summed E-state index contributed by atoms with van der Waals surface area (Å²) in [5, 5.41) is 6.75. The Morgan fingerprint density at radius 1 is 1.37 bits per heavy atom. The Morgan fingerprint density at radius 2 is 2.16 bits per heavy atom. The highest BCUT2D eigenvalue weighted by Gasteiger charge is 2.03. The minimum absolute atomic E-state index is 0.0559. The smallest absolute Gasteiger partial charge is 0.226 e. The van der Waals surface area contributed by atoms with Crippen LogP contribution in [0.3, 0.4) is 0 Å². The standard InChI is InChI=1S/C13H16N4O2/c1-2-19-12-5-3-11(4-6-12)16-13(18)7-8-17-10-14-9-15-17/h3-6,9-10H,2,7-8H2,1H3,(H,16,18). The summed E-state index contributed by atoms with van der Waals surface area (Å²) in [5.74, 6) is 0.739. The Labute approximate surface area is 111 Å². The van der Waals surface area contributed by atoms with Crippen LogP contribution in [0.25, 0.3) is 0 Å². The molecule has 1 amide bonds. The minimum atomic E-state index is -0.0559. The van der Waals surface area contributed by atoms with E-state index in [0.29, 0.717) is 19.6 Å². The average molecular weight is 260 g/mol. The van der Waals surface area contributed by atoms with E-state index in [1.165, 1.54) is 6.33 Å². The molecule has 6 heteroatoms. The van der Waals surface area contributed by atoms with Gasteiger partial charge in [-0.15, -0.1) is 0 Å². The van der Waals surface area contributed by atoms with Gasteiger partial charge in [0, 0.05) is 12.1 Å². The number of carbonyl (C=O) groups excluding carboxylic acids is 1. The number of benzene rings is 1. The molecular weight excluding hydrogens is 244 g/mol. The Bertz CT molecular complexity index is 508. The molecule has 0 radical (unpaired) electrons. The van der Waals surface area contributed by atoms with Crippen LogP contribution in [0.5, 0.6) is 5.75 Å². The van der Waals surface area contributed by atoms with Crippen LogP contribution >= 0.6 is 0 Å². The maximum atomic E-state index is 11.7. The van der Waals surface area contributed by atoms with Crippen LogP contribution in [0.2, 0.25) is 0 Å². The normalized spacial score (nSPS) is 10.2. The summed E-state index contributed by atoms with van der Waals surface area (Å²) < 4.78 is 6.95. The van der Waals surface area contributed by atoms with Crippen LogP contribution in [0.15, 0.2) is 36.9 Å². The van der Waals surface area contributed by atoms with Crippen molar-refractivity contribution in [3.05, 3.63) is 36.9 Å². The predicted molar refractivity (Wildman–Crippen MR) is 70.9 cm³/mol. The van der Waals surface area contributed by atoms with E-state index in [1.807, 2.05) is 31.2 Å². The lowest BCUT2D eigenvalue weighted by Crippen LogP contribution is -2.14. The molecule has 100 valence electrons. The maximum absolute atomic E-state index is 11.7. The van der Waals surface area contributed by atoms with Crippen molar-refractivity contribution in [2.24, 2.45) is 0 Å². The molecule has 0 aliphatic carbocycles. The van der Waals surface area contributed by atoms with E-state index in [1.54, 1.807) is 11.0 Å². The Balaban J connectivity index is 1.81. The number of ether oxygens (including phenoxy) is 1. The van der Waals surface area contributed by atoms with Gasteiger partial charge in [-0.2, -0.15) is 5.10 Å². The lowest BCUT2D eigenvalue weighted by molar-refractivity contribution is -0.116. The SMILES string of the molecule is CCOc1ccc(NC(=O)CCn2cncn2)cc1. The molecule has 1 heterocycles. The number of amides is 1. The average Bonchev–Trinajstić information content (AvgIpc) is 2.92. The minimum Gasteiger partial charge on any atom is -0.494 e. The molecular formula is C13H16N4O2. The molecule has 0 aliphatic heterocycles. The number of aryl methyl sites for hydroxylation is 1. The Morgan fingerprint density at radius 3 is 2.79 bits per heavy atom. The first-order valence-electron chi connectivity index (χ1n) is 6.13. The van der Waals surface area contributed by atoms with Crippen molar-refractivity contribution < 1.29 is 9.53 Å². The van der Waals surface area contributed by atoms with Gasteiger partial charge in [0.1, 0.15) is 18.4 Å². The molecule has 2 rings (SSSR count). The second kappa shape index (κ2) is 6.53. The molecule has 0 saturated heterocycles. The van der Waals surface area contributed by atoms with E-state index in [9.17, 15) is 4.79 Å². The van der Waals surface area contributed by atoms with Gasteiger partial charge in [0.2, 0.25) is 5.91 Å². The second-order valence-corrected chi connectivity index (χ2v) is 3.91. The van der Waals surface area contributed by atoms with Crippen LogP contribution < -0.4 is 10.1 Å². The molecule has 1 aromatic heterocycles. The molecule has 0 bridgehead atoms. The van der Waals surface area contributed by atoms with Gasteiger partial charge in [0.05, 0.1) is 13.2 Å².